The van der Waals surface area contributed by atoms with Gasteiger partial charge in [0.1, 0.15) is 0 Å². The van der Waals surface area contributed by atoms with Crippen LogP contribution in [0.1, 0.15) is 24.3 Å². The van der Waals surface area contributed by atoms with Crippen LogP contribution in [0.5, 0.6) is 0 Å². The fraction of sp³-hybridized carbons (Fsp3) is 0.471. The summed E-state index contributed by atoms with van der Waals surface area (Å²) in [6, 6.07) is 6.93. The molecule has 0 aliphatic carbocycles. The van der Waals surface area contributed by atoms with Gasteiger partial charge in [0.25, 0.3) is 11.5 Å². The highest BCUT2D eigenvalue weighted by Gasteiger charge is 2.29. The molecule has 0 spiro atoms. The molecule has 0 bridgehead atoms. The normalized spacial score (nSPS) is 16.2. The molecule has 3 rings (SSSR count). The molecule has 0 unspecified atom stereocenters. The van der Waals surface area contributed by atoms with E-state index in [1.54, 1.807) is 43.0 Å². The fourth-order valence-corrected chi connectivity index (χ4v) is 4.19. The van der Waals surface area contributed by atoms with Crippen LogP contribution in [0, 0.1) is 0 Å². The second kappa shape index (κ2) is 7.16. The zero-order valence-electron chi connectivity index (χ0n) is 14.9. The molecular formula is C17H22N4O4S. The summed E-state index contributed by atoms with van der Waals surface area (Å²) in [5.41, 5.74) is 0.00681. The molecule has 9 heteroatoms. The lowest BCUT2D eigenvalue weighted by atomic mass is 10.1. The van der Waals surface area contributed by atoms with E-state index in [0.29, 0.717) is 30.4 Å². The van der Waals surface area contributed by atoms with Crippen LogP contribution in [0.2, 0.25) is 0 Å². The number of aromatic nitrogens is 2. The van der Waals surface area contributed by atoms with Gasteiger partial charge in [0.2, 0.25) is 10.0 Å². The van der Waals surface area contributed by atoms with Gasteiger partial charge in [-0.05, 0) is 19.9 Å². The lowest BCUT2D eigenvalue weighted by Gasteiger charge is -2.33. The van der Waals surface area contributed by atoms with Crippen LogP contribution in [-0.2, 0) is 16.6 Å². The van der Waals surface area contributed by atoms with E-state index in [9.17, 15) is 18.0 Å². The Bertz CT molecular complexity index is 991. The summed E-state index contributed by atoms with van der Waals surface area (Å²) in [6.45, 7) is 4.92. The maximum Gasteiger partial charge on any atom is 0.275 e. The van der Waals surface area contributed by atoms with Crippen LogP contribution in [0.15, 0.2) is 29.1 Å². The molecule has 0 saturated carbocycles. The second-order valence-corrected chi connectivity index (χ2v) is 8.36. The lowest BCUT2D eigenvalue weighted by molar-refractivity contribution is 0.0691. The van der Waals surface area contributed by atoms with Crippen LogP contribution in [-0.4, -0.2) is 65.2 Å². The molecule has 2 aromatic rings. The van der Waals surface area contributed by atoms with Crippen molar-refractivity contribution in [3.8, 4) is 0 Å². The van der Waals surface area contributed by atoms with Crippen molar-refractivity contribution in [3.63, 3.8) is 0 Å². The molecule has 8 nitrogen and oxygen atoms in total. The minimum Gasteiger partial charge on any atom is -0.335 e. The van der Waals surface area contributed by atoms with Gasteiger partial charge < -0.3 is 4.90 Å². The van der Waals surface area contributed by atoms with Gasteiger partial charge in [-0.25, -0.2) is 13.1 Å². The van der Waals surface area contributed by atoms with Crippen molar-refractivity contribution in [3.05, 3.63) is 40.3 Å². The van der Waals surface area contributed by atoms with Gasteiger partial charge in [-0.15, -0.1) is 0 Å². The predicted octanol–water partition coefficient (Wildman–Crippen LogP) is 0.524. The van der Waals surface area contributed by atoms with Crippen molar-refractivity contribution >= 4 is 26.7 Å². The summed E-state index contributed by atoms with van der Waals surface area (Å²) in [7, 11) is -3.25. The fourth-order valence-electron chi connectivity index (χ4n) is 3.11. The number of piperazine rings is 1. The van der Waals surface area contributed by atoms with Crippen molar-refractivity contribution in [2.75, 3.05) is 31.9 Å². The zero-order chi connectivity index (χ0) is 18.9. The van der Waals surface area contributed by atoms with Gasteiger partial charge in [-0.2, -0.15) is 9.40 Å². The summed E-state index contributed by atoms with van der Waals surface area (Å²) in [5, 5.41) is 5.24. The first kappa shape index (κ1) is 18.5. The van der Waals surface area contributed by atoms with E-state index in [-0.39, 0.29) is 36.0 Å². The Morgan fingerprint density at radius 3 is 2.27 bits per heavy atom. The summed E-state index contributed by atoms with van der Waals surface area (Å²) < 4.78 is 26.6. The number of amides is 1. The average Bonchev–Trinajstić information content (AvgIpc) is 2.68. The van der Waals surface area contributed by atoms with Gasteiger partial charge in [-0.1, -0.05) is 18.2 Å². The van der Waals surface area contributed by atoms with Crippen LogP contribution >= 0.6 is 0 Å². The number of benzene rings is 1. The van der Waals surface area contributed by atoms with Gasteiger partial charge in [0, 0.05) is 38.1 Å². The number of hydrogen-bond acceptors (Lipinski definition) is 5. The standard InChI is InChI=1S/C17H22N4O4S/c1-3-21-16(22)14-8-6-5-7-13(14)15(18-21)17(23)19-9-11-20(12-10-19)26(24,25)4-2/h5-8H,3-4,9-12H2,1-2H3. The monoisotopic (exact) mass is 378 g/mol. The summed E-state index contributed by atoms with van der Waals surface area (Å²) in [5.74, 6) is -0.230. The van der Waals surface area contributed by atoms with Crippen molar-refractivity contribution in [1.29, 1.82) is 0 Å². The smallest absolute Gasteiger partial charge is 0.275 e. The van der Waals surface area contributed by atoms with Crippen molar-refractivity contribution in [2.24, 2.45) is 0 Å². The van der Waals surface area contributed by atoms with Crippen LogP contribution < -0.4 is 5.56 Å². The zero-order valence-corrected chi connectivity index (χ0v) is 15.7. The molecule has 1 fully saturated rings. The molecule has 1 amide bonds. The molecule has 0 N–H and O–H groups in total. The summed E-state index contributed by atoms with van der Waals surface area (Å²) in [6.07, 6.45) is 0. The van der Waals surface area contributed by atoms with E-state index in [1.807, 2.05) is 0 Å². The number of carbonyl (C=O) groups excluding carboxylic acids is 1. The predicted molar refractivity (Wildman–Crippen MR) is 98.6 cm³/mol. The SMILES string of the molecule is CCn1nc(C(=O)N2CCN(S(=O)(=O)CC)CC2)c2ccccc2c1=O. The van der Waals surface area contributed by atoms with Crippen molar-refractivity contribution < 1.29 is 13.2 Å². The molecule has 1 aliphatic heterocycles. The quantitative estimate of drug-likeness (QED) is 0.774. The molecular weight excluding hydrogens is 356 g/mol. The Hall–Kier alpha value is -2.26. The van der Waals surface area contributed by atoms with E-state index in [1.165, 1.54) is 8.99 Å². The molecule has 0 radical (unpaired) electrons. The van der Waals surface area contributed by atoms with E-state index < -0.39 is 10.0 Å². The van der Waals surface area contributed by atoms with Crippen LogP contribution in [0.3, 0.4) is 0 Å². The van der Waals surface area contributed by atoms with Gasteiger partial charge in [0.15, 0.2) is 5.69 Å². The Kier molecular flexibility index (Phi) is 5.10. The largest absolute Gasteiger partial charge is 0.335 e. The lowest BCUT2D eigenvalue weighted by Crippen LogP contribution is -2.51. The molecule has 1 aromatic heterocycles. The second-order valence-electron chi connectivity index (χ2n) is 6.11. The number of carbonyl (C=O) groups is 1. The Morgan fingerprint density at radius 1 is 1.08 bits per heavy atom. The average molecular weight is 378 g/mol. The van der Waals surface area contributed by atoms with E-state index in [4.69, 9.17) is 0 Å². The third-order valence-corrected chi connectivity index (χ3v) is 6.54. The van der Waals surface area contributed by atoms with Gasteiger partial charge >= 0.3 is 0 Å². The Balaban J connectivity index is 1.92. The number of rotatable bonds is 4. The van der Waals surface area contributed by atoms with Crippen LogP contribution in [0.25, 0.3) is 10.8 Å². The first-order chi connectivity index (χ1) is 12.4. The first-order valence-electron chi connectivity index (χ1n) is 8.66. The maximum absolute atomic E-state index is 13.0. The third kappa shape index (κ3) is 3.24. The topological polar surface area (TPSA) is 92.6 Å². The minimum atomic E-state index is -3.25. The highest BCUT2D eigenvalue weighted by atomic mass is 32.2. The van der Waals surface area contributed by atoms with Crippen molar-refractivity contribution in [1.82, 2.24) is 19.0 Å². The molecule has 1 aliphatic rings. The highest BCUT2D eigenvalue weighted by Crippen LogP contribution is 2.17. The molecule has 1 saturated heterocycles. The molecule has 26 heavy (non-hydrogen) atoms. The molecule has 140 valence electrons. The number of hydrogen-bond donors (Lipinski definition) is 0. The summed E-state index contributed by atoms with van der Waals surface area (Å²) >= 11 is 0. The summed E-state index contributed by atoms with van der Waals surface area (Å²) in [4.78, 5) is 27.0. The Labute approximate surface area is 152 Å². The maximum atomic E-state index is 13.0. The number of nitrogens with zero attached hydrogens (tertiary/aromatic N) is 4. The van der Waals surface area contributed by atoms with Gasteiger partial charge in [-0.3, -0.25) is 9.59 Å². The van der Waals surface area contributed by atoms with E-state index >= 15 is 0 Å². The van der Waals surface area contributed by atoms with Crippen molar-refractivity contribution in [2.45, 2.75) is 20.4 Å². The van der Waals surface area contributed by atoms with Gasteiger partial charge in [0.05, 0.1) is 11.1 Å². The number of aryl methyl sites for hydroxylation is 1. The minimum absolute atomic E-state index is 0.0502. The number of fused-ring (bicyclic) bond motifs is 1. The van der Waals surface area contributed by atoms with E-state index in [2.05, 4.69) is 5.10 Å². The molecule has 0 atom stereocenters. The van der Waals surface area contributed by atoms with Crippen LogP contribution in [0.4, 0.5) is 0 Å². The molecule has 2 heterocycles. The van der Waals surface area contributed by atoms with E-state index in [0.717, 1.165) is 0 Å². The first-order valence-corrected chi connectivity index (χ1v) is 10.3. The third-order valence-electron chi connectivity index (χ3n) is 4.65. The Morgan fingerprint density at radius 2 is 1.69 bits per heavy atom. The highest BCUT2D eigenvalue weighted by molar-refractivity contribution is 7.89. The number of sulfonamides is 1. The molecule has 1 aromatic carbocycles.